The van der Waals surface area contributed by atoms with Gasteiger partial charge >= 0.3 is 0 Å². The topological polar surface area (TPSA) is 85.8 Å². The third kappa shape index (κ3) is 4.30. The lowest BCUT2D eigenvalue weighted by Crippen LogP contribution is -2.16. The van der Waals surface area contributed by atoms with Gasteiger partial charge in [0.25, 0.3) is 0 Å². The Morgan fingerprint density at radius 1 is 1.38 bits per heavy atom. The predicted molar refractivity (Wildman–Crippen MR) is 84.3 cm³/mol. The molecule has 7 heteroatoms. The molecule has 1 aromatic carbocycles. The molecule has 112 valence electrons. The normalized spacial score (nSPS) is 10.6. The van der Waals surface area contributed by atoms with Gasteiger partial charge in [-0.15, -0.1) is 10.2 Å². The van der Waals surface area contributed by atoms with E-state index in [1.54, 1.807) is 0 Å². The molecule has 1 aromatic heterocycles. The van der Waals surface area contributed by atoms with Crippen LogP contribution in [0.15, 0.2) is 29.4 Å². The molecular formula is C14H19N5OS. The maximum Gasteiger partial charge on any atom is 0.234 e. The number of amides is 1. The summed E-state index contributed by atoms with van der Waals surface area (Å²) in [6, 6.07) is 7.71. The van der Waals surface area contributed by atoms with E-state index in [1.807, 2.05) is 42.7 Å². The van der Waals surface area contributed by atoms with Gasteiger partial charge < -0.3 is 15.6 Å². The van der Waals surface area contributed by atoms with Gasteiger partial charge in [0, 0.05) is 18.8 Å². The van der Waals surface area contributed by atoms with Gasteiger partial charge in [0.1, 0.15) is 5.82 Å². The van der Waals surface area contributed by atoms with Crippen molar-refractivity contribution in [2.45, 2.75) is 25.5 Å². The molecule has 0 aliphatic carbocycles. The van der Waals surface area contributed by atoms with Gasteiger partial charge in [0.05, 0.1) is 5.75 Å². The van der Waals surface area contributed by atoms with Crippen molar-refractivity contribution in [3.8, 4) is 0 Å². The van der Waals surface area contributed by atoms with Gasteiger partial charge in [-0.05, 0) is 31.5 Å². The Bertz CT molecular complexity index is 626. The van der Waals surface area contributed by atoms with Crippen molar-refractivity contribution in [1.82, 2.24) is 14.8 Å². The molecule has 0 spiro atoms. The molecule has 2 aromatic rings. The Morgan fingerprint density at radius 2 is 2.19 bits per heavy atom. The van der Waals surface area contributed by atoms with Crippen LogP contribution in [0.25, 0.3) is 0 Å². The molecule has 2 rings (SSSR count). The van der Waals surface area contributed by atoms with Crippen molar-refractivity contribution in [3.05, 3.63) is 35.7 Å². The van der Waals surface area contributed by atoms with Crippen molar-refractivity contribution < 1.29 is 4.79 Å². The van der Waals surface area contributed by atoms with E-state index in [0.29, 0.717) is 13.1 Å². The first-order chi connectivity index (χ1) is 10.1. The third-order valence-electron chi connectivity index (χ3n) is 2.89. The number of thioether (sulfide) groups is 1. The van der Waals surface area contributed by atoms with Crippen LogP contribution in [0.1, 0.15) is 11.4 Å². The minimum atomic E-state index is -0.0643. The molecule has 0 atom stereocenters. The van der Waals surface area contributed by atoms with E-state index in [9.17, 15) is 4.79 Å². The second kappa shape index (κ2) is 7.24. The van der Waals surface area contributed by atoms with E-state index in [4.69, 9.17) is 5.73 Å². The number of benzene rings is 1. The summed E-state index contributed by atoms with van der Waals surface area (Å²) in [4.78, 5) is 12.0. The van der Waals surface area contributed by atoms with E-state index in [2.05, 4.69) is 15.5 Å². The molecule has 0 aliphatic rings. The number of nitrogens with two attached hydrogens (primary N) is 1. The minimum Gasteiger partial charge on any atom is -0.329 e. The first-order valence-electron chi connectivity index (χ1n) is 6.69. The van der Waals surface area contributed by atoms with E-state index in [-0.39, 0.29) is 11.7 Å². The van der Waals surface area contributed by atoms with Gasteiger partial charge in [-0.2, -0.15) is 0 Å². The summed E-state index contributed by atoms with van der Waals surface area (Å²) in [5, 5.41) is 11.7. The lowest BCUT2D eigenvalue weighted by molar-refractivity contribution is -0.113. The van der Waals surface area contributed by atoms with E-state index < -0.39 is 0 Å². The van der Waals surface area contributed by atoms with Crippen LogP contribution in [-0.4, -0.2) is 33.0 Å². The van der Waals surface area contributed by atoms with Crippen LogP contribution in [0.4, 0.5) is 5.69 Å². The summed E-state index contributed by atoms with van der Waals surface area (Å²) >= 11 is 1.36. The Morgan fingerprint density at radius 3 is 2.90 bits per heavy atom. The fourth-order valence-electron chi connectivity index (χ4n) is 1.90. The van der Waals surface area contributed by atoms with Crippen molar-refractivity contribution in [3.63, 3.8) is 0 Å². The zero-order valence-corrected chi connectivity index (χ0v) is 13.0. The molecule has 0 bridgehead atoms. The summed E-state index contributed by atoms with van der Waals surface area (Å²) in [7, 11) is 0. The number of anilines is 1. The van der Waals surface area contributed by atoms with Gasteiger partial charge in [-0.3, -0.25) is 4.79 Å². The fraction of sp³-hybridized carbons (Fsp3) is 0.357. The standard InChI is InChI=1S/C14H19N5OS/c1-10-4-3-5-12(8-10)16-13(20)9-21-14-18-17-11(2)19(14)7-6-15/h3-5,8H,6-7,9,15H2,1-2H3,(H,16,20). The Balaban J connectivity index is 1.92. The zero-order chi connectivity index (χ0) is 15.2. The highest BCUT2D eigenvalue weighted by molar-refractivity contribution is 7.99. The Labute approximate surface area is 128 Å². The lowest BCUT2D eigenvalue weighted by atomic mass is 10.2. The molecule has 0 saturated carbocycles. The molecule has 21 heavy (non-hydrogen) atoms. The average molecular weight is 305 g/mol. The summed E-state index contributed by atoms with van der Waals surface area (Å²) in [5.41, 5.74) is 7.48. The molecule has 0 aliphatic heterocycles. The summed E-state index contributed by atoms with van der Waals surface area (Å²) in [6.07, 6.45) is 0. The second-order valence-corrected chi connectivity index (χ2v) is 5.62. The molecule has 0 fully saturated rings. The Kier molecular flexibility index (Phi) is 5.35. The monoisotopic (exact) mass is 305 g/mol. The quantitative estimate of drug-likeness (QED) is 0.791. The smallest absolute Gasteiger partial charge is 0.234 e. The van der Waals surface area contributed by atoms with Crippen LogP contribution in [-0.2, 0) is 11.3 Å². The fourth-order valence-corrected chi connectivity index (χ4v) is 2.71. The van der Waals surface area contributed by atoms with Gasteiger partial charge in [0.2, 0.25) is 5.91 Å². The first-order valence-corrected chi connectivity index (χ1v) is 7.68. The molecule has 6 nitrogen and oxygen atoms in total. The molecule has 1 amide bonds. The van der Waals surface area contributed by atoms with Crippen molar-refractivity contribution in [1.29, 1.82) is 0 Å². The second-order valence-electron chi connectivity index (χ2n) is 4.68. The van der Waals surface area contributed by atoms with Crippen LogP contribution in [0, 0.1) is 13.8 Å². The number of rotatable bonds is 6. The van der Waals surface area contributed by atoms with E-state index in [0.717, 1.165) is 22.2 Å². The molecule has 1 heterocycles. The number of aryl methyl sites for hydroxylation is 2. The number of nitrogens with zero attached hydrogens (tertiary/aromatic N) is 3. The predicted octanol–water partition coefficient (Wildman–Crippen LogP) is 1.58. The largest absolute Gasteiger partial charge is 0.329 e. The van der Waals surface area contributed by atoms with E-state index >= 15 is 0 Å². The maximum absolute atomic E-state index is 12.0. The number of nitrogens with one attached hydrogen (secondary N) is 1. The number of carbonyl (C=O) groups is 1. The van der Waals surface area contributed by atoms with Crippen LogP contribution >= 0.6 is 11.8 Å². The number of carbonyl (C=O) groups excluding carboxylic acids is 1. The maximum atomic E-state index is 12.0. The van der Waals surface area contributed by atoms with Crippen LogP contribution in [0.3, 0.4) is 0 Å². The molecular weight excluding hydrogens is 286 g/mol. The first kappa shape index (κ1) is 15.5. The summed E-state index contributed by atoms with van der Waals surface area (Å²) < 4.78 is 1.92. The Hall–Kier alpha value is -1.86. The lowest BCUT2D eigenvalue weighted by Gasteiger charge is -2.07. The highest BCUT2D eigenvalue weighted by Crippen LogP contribution is 2.17. The number of hydrogen-bond acceptors (Lipinski definition) is 5. The zero-order valence-electron chi connectivity index (χ0n) is 12.2. The van der Waals surface area contributed by atoms with Crippen molar-refractivity contribution >= 4 is 23.4 Å². The average Bonchev–Trinajstić information content (AvgIpc) is 2.78. The SMILES string of the molecule is Cc1cccc(NC(=O)CSc2nnc(C)n2CCN)c1. The van der Waals surface area contributed by atoms with Crippen LogP contribution in [0.5, 0.6) is 0 Å². The van der Waals surface area contributed by atoms with Gasteiger partial charge in [0.15, 0.2) is 5.16 Å². The third-order valence-corrected chi connectivity index (χ3v) is 3.86. The minimum absolute atomic E-state index is 0.0643. The highest BCUT2D eigenvalue weighted by atomic mass is 32.2. The van der Waals surface area contributed by atoms with Crippen LogP contribution in [0.2, 0.25) is 0 Å². The number of aromatic nitrogens is 3. The van der Waals surface area contributed by atoms with Gasteiger partial charge in [-0.1, -0.05) is 23.9 Å². The van der Waals surface area contributed by atoms with E-state index in [1.165, 1.54) is 11.8 Å². The van der Waals surface area contributed by atoms with Crippen molar-refractivity contribution in [2.75, 3.05) is 17.6 Å². The highest BCUT2D eigenvalue weighted by Gasteiger charge is 2.11. The molecule has 0 saturated heterocycles. The molecule has 0 unspecified atom stereocenters. The number of hydrogen-bond donors (Lipinski definition) is 2. The summed E-state index contributed by atoms with van der Waals surface area (Å²) in [6.45, 7) is 5.03. The van der Waals surface area contributed by atoms with Crippen LogP contribution < -0.4 is 11.1 Å². The van der Waals surface area contributed by atoms with Crippen molar-refractivity contribution in [2.24, 2.45) is 5.73 Å². The summed E-state index contributed by atoms with van der Waals surface area (Å²) in [5.74, 6) is 1.03. The van der Waals surface area contributed by atoms with Gasteiger partial charge in [-0.25, -0.2) is 0 Å². The molecule has 0 radical (unpaired) electrons. The molecule has 3 N–H and O–H groups in total.